The summed E-state index contributed by atoms with van der Waals surface area (Å²) in [6.07, 6.45) is 0.873. The number of aromatic amines is 3. The van der Waals surface area contributed by atoms with E-state index in [1.807, 2.05) is 12.1 Å². The molecule has 6 aromatic rings. The van der Waals surface area contributed by atoms with Crippen LogP contribution >= 0.6 is 0 Å². The number of nitrogens with one attached hydrogen (secondary N) is 3. The van der Waals surface area contributed by atoms with Crippen molar-refractivity contribution >= 4 is 33.0 Å². The largest absolute Gasteiger partial charge is 0.358 e. The minimum Gasteiger partial charge on any atom is -0.358 e. The molecule has 0 amide bonds. The Morgan fingerprint density at radius 1 is 0.744 bits per heavy atom. The van der Waals surface area contributed by atoms with E-state index in [9.17, 15) is 0 Å². The summed E-state index contributed by atoms with van der Waals surface area (Å²) in [6.45, 7) is 9.04. The van der Waals surface area contributed by atoms with Crippen LogP contribution < -0.4 is 0 Å². The predicted octanol–water partition coefficient (Wildman–Crippen LogP) is 6.19. The Hall–Kier alpha value is -3.94. The van der Waals surface area contributed by atoms with Gasteiger partial charge < -0.3 is 15.0 Å². The molecule has 7 heteroatoms. The fourth-order valence-electron chi connectivity index (χ4n) is 5.62. The van der Waals surface area contributed by atoms with Gasteiger partial charge in [0.05, 0.1) is 34.7 Å². The molecule has 39 heavy (non-hydrogen) atoms. The molecule has 0 unspecified atom stereocenters. The van der Waals surface area contributed by atoms with Crippen molar-refractivity contribution < 1.29 is 0 Å². The third-order valence-electron chi connectivity index (χ3n) is 7.87. The normalized spacial score (nSPS) is 13.0. The zero-order valence-electron chi connectivity index (χ0n) is 23.5. The van der Waals surface area contributed by atoms with E-state index in [-0.39, 0.29) is 6.04 Å². The minimum absolute atomic E-state index is 0.108. The summed E-state index contributed by atoms with van der Waals surface area (Å²) >= 11 is 0. The molecule has 0 fully saturated rings. The van der Waals surface area contributed by atoms with Gasteiger partial charge in [-0.1, -0.05) is 30.3 Å². The number of hydrogen-bond acceptors (Lipinski definition) is 4. The summed E-state index contributed by atoms with van der Waals surface area (Å²) in [5.41, 5.74) is 10.5. The van der Waals surface area contributed by atoms with Gasteiger partial charge >= 0.3 is 0 Å². The third-order valence-corrected chi connectivity index (χ3v) is 7.87. The number of likely N-dealkylation sites (N-methyl/N-ethyl adjacent to an activating group) is 2. The molecule has 0 radical (unpaired) electrons. The van der Waals surface area contributed by atoms with Gasteiger partial charge in [-0.2, -0.15) is 0 Å². The van der Waals surface area contributed by atoms with Crippen LogP contribution in [0.15, 0.2) is 60.7 Å². The number of aromatic nitrogens is 5. The molecule has 3 N–H and O–H groups in total. The lowest BCUT2D eigenvalue weighted by Crippen LogP contribution is -2.34. The van der Waals surface area contributed by atoms with E-state index in [2.05, 4.69) is 108 Å². The van der Waals surface area contributed by atoms with E-state index in [1.165, 1.54) is 33.3 Å². The molecule has 3 aromatic heterocycles. The van der Waals surface area contributed by atoms with Crippen LogP contribution in [0.2, 0.25) is 0 Å². The predicted molar refractivity (Wildman–Crippen MR) is 160 cm³/mol. The Morgan fingerprint density at radius 3 is 2.31 bits per heavy atom. The molecule has 1 atom stereocenters. The molecule has 0 aliphatic carbocycles. The Balaban J connectivity index is 1.25. The highest BCUT2D eigenvalue weighted by Gasteiger charge is 2.24. The Bertz CT molecular complexity index is 1720. The van der Waals surface area contributed by atoms with Gasteiger partial charge in [-0.15, -0.1) is 0 Å². The molecular weight excluding hydrogens is 482 g/mol. The fourth-order valence-corrected chi connectivity index (χ4v) is 5.62. The van der Waals surface area contributed by atoms with E-state index in [1.54, 1.807) is 0 Å². The average Bonchev–Trinajstić information content (AvgIpc) is 3.59. The molecular formula is C32H37N7. The molecule has 0 aliphatic heterocycles. The van der Waals surface area contributed by atoms with E-state index >= 15 is 0 Å². The van der Waals surface area contributed by atoms with Crippen molar-refractivity contribution in [2.24, 2.45) is 0 Å². The van der Waals surface area contributed by atoms with Crippen molar-refractivity contribution in [1.29, 1.82) is 0 Å². The zero-order valence-corrected chi connectivity index (χ0v) is 23.5. The Morgan fingerprint density at radius 2 is 1.49 bits per heavy atom. The van der Waals surface area contributed by atoms with Crippen molar-refractivity contribution in [3.8, 4) is 0 Å². The number of aryl methyl sites for hydroxylation is 3. The number of nitrogens with zero attached hydrogens (tertiary/aromatic N) is 4. The van der Waals surface area contributed by atoms with Crippen LogP contribution in [-0.4, -0.2) is 61.9 Å². The van der Waals surface area contributed by atoms with E-state index < -0.39 is 0 Å². The van der Waals surface area contributed by atoms with E-state index in [0.29, 0.717) is 0 Å². The van der Waals surface area contributed by atoms with Crippen molar-refractivity contribution in [2.75, 3.05) is 27.2 Å². The molecule has 6 rings (SSSR count). The summed E-state index contributed by atoms with van der Waals surface area (Å²) in [5.74, 6) is 2.01. The van der Waals surface area contributed by atoms with Crippen molar-refractivity contribution in [1.82, 2.24) is 34.7 Å². The van der Waals surface area contributed by atoms with Crippen molar-refractivity contribution in [3.05, 3.63) is 94.7 Å². The van der Waals surface area contributed by atoms with Gasteiger partial charge in [-0.25, -0.2) is 9.97 Å². The van der Waals surface area contributed by atoms with Crippen LogP contribution in [0.25, 0.3) is 33.0 Å². The molecule has 3 aromatic carbocycles. The highest BCUT2D eigenvalue weighted by Crippen LogP contribution is 2.31. The molecule has 0 aliphatic rings. The molecule has 3 heterocycles. The Labute approximate surface area is 229 Å². The highest BCUT2D eigenvalue weighted by molar-refractivity contribution is 5.85. The quantitative estimate of drug-likeness (QED) is 0.213. The van der Waals surface area contributed by atoms with Crippen LogP contribution in [0, 0.1) is 20.8 Å². The van der Waals surface area contributed by atoms with Gasteiger partial charge in [0.2, 0.25) is 0 Å². The second-order valence-electron chi connectivity index (χ2n) is 11.1. The van der Waals surface area contributed by atoms with Gasteiger partial charge in [0, 0.05) is 29.7 Å². The number of benzene rings is 3. The molecule has 0 saturated carbocycles. The van der Waals surface area contributed by atoms with Crippen molar-refractivity contribution in [2.45, 2.75) is 39.8 Å². The van der Waals surface area contributed by atoms with Crippen molar-refractivity contribution in [3.63, 3.8) is 0 Å². The molecule has 7 nitrogen and oxygen atoms in total. The number of fused-ring (bicyclic) bond motifs is 3. The molecule has 0 bridgehead atoms. The third kappa shape index (κ3) is 5.20. The smallest absolute Gasteiger partial charge is 0.125 e. The van der Waals surface area contributed by atoms with Gasteiger partial charge in [0.1, 0.15) is 11.6 Å². The van der Waals surface area contributed by atoms with E-state index in [0.717, 1.165) is 59.8 Å². The van der Waals surface area contributed by atoms with Crippen LogP contribution in [-0.2, 0) is 13.0 Å². The lowest BCUT2D eigenvalue weighted by molar-refractivity contribution is 0.196. The van der Waals surface area contributed by atoms with Gasteiger partial charge in [-0.3, -0.25) is 9.80 Å². The topological polar surface area (TPSA) is 79.6 Å². The van der Waals surface area contributed by atoms with Crippen LogP contribution in [0.4, 0.5) is 0 Å². The lowest BCUT2D eigenvalue weighted by atomic mass is 10.0. The molecule has 0 spiro atoms. The molecule has 200 valence electrons. The minimum atomic E-state index is 0.108. The van der Waals surface area contributed by atoms with Crippen LogP contribution in [0.5, 0.6) is 0 Å². The van der Waals surface area contributed by atoms with Gasteiger partial charge in [0.15, 0.2) is 0 Å². The first-order valence-corrected chi connectivity index (χ1v) is 13.7. The van der Waals surface area contributed by atoms with Gasteiger partial charge in [0.25, 0.3) is 0 Å². The number of rotatable bonds is 9. The monoisotopic (exact) mass is 519 g/mol. The SMILES string of the molecule is Cc1ccc2nc([C@@H](Cc3c(C)[nH]c4cc(C)ccc34)N(C)CCN(C)Cc3nc4ccccc4[nH]3)[nH]c2c1. The fraction of sp³-hybridized carbons (Fsp3) is 0.312. The van der Waals surface area contributed by atoms with Crippen LogP contribution in [0.3, 0.4) is 0 Å². The van der Waals surface area contributed by atoms with Crippen LogP contribution in [0.1, 0.15) is 40.1 Å². The average molecular weight is 520 g/mol. The number of H-pyrrole nitrogens is 3. The first kappa shape index (κ1) is 25.3. The maximum atomic E-state index is 5.06. The summed E-state index contributed by atoms with van der Waals surface area (Å²) < 4.78 is 0. The first-order chi connectivity index (χ1) is 18.8. The van der Waals surface area contributed by atoms with E-state index in [4.69, 9.17) is 9.97 Å². The van der Waals surface area contributed by atoms with Gasteiger partial charge in [-0.05, 0) is 88.3 Å². The maximum Gasteiger partial charge on any atom is 0.125 e. The maximum absolute atomic E-state index is 5.06. The number of imidazole rings is 2. The highest BCUT2D eigenvalue weighted by atomic mass is 15.2. The number of hydrogen-bond donors (Lipinski definition) is 3. The lowest BCUT2D eigenvalue weighted by Gasteiger charge is -2.28. The standard InChI is InChI=1S/C32H37N7/c1-20-10-12-23-24(22(3)33-28(23)16-20)18-30(32-36-27-13-11-21(2)17-29(27)37-32)39(5)15-14-38(4)19-31-34-25-8-6-7-9-26(25)35-31/h6-13,16-17,30,33H,14-15,18-19H2,1-5H3,(H,34,35)(H,36,37)/t30-/m1/s1. The summed E-state index contributed by atoms with van der Waals surface area (Å²) in [4.78, 5) is 25.3. The summed E-state index contributed by atoms with van der Waals surface area (Å²) in [5, 5.41) is 1.30. The molecule has 0 saturated heterocycles. The first-order valence-electron chi connectivity index (χ1n) is 13.7. The zero-order chi connectivity index (χ0) is 27.1. The number of para-hydroxylation sites is 2. The second-order valence-corrected chi connectivity index (χ2v) is 11.1. The Kier molecular flexibility index (Phi) is 6.71. The summed E-state index contributed by atoms with van der Waals surface area (Å²) in [7, 11) is 4.37. The second kappa shape index (κ2) is 10.3. The summed E-state index contributed by atoms with van der Waals surface area (Å²) in [6, 6.07) is 21.4.